The molecule has 16 nitrogen and oxygen atoms in total. The number of halogens is 1. The molecule has 4 N–H and O–H groups in total. The summed E-state index contributed by atoms with van der Waals surface area (Å²) in [6.45, 7) is 8.70. The molecule has 0 saturated carbocycles. The van der Waals surface area contributed by atoms with Gasteiger partial charge in [-0.2, -0.15) is 5.10 Å². The highest BCUT2D eigenvalue weighted by Crippen LogP contribution is 2.43. The first-order valence-corrected chi connectivity index (χ1v) is 20.5. The van der Waals surface area contributed by atoms with E-state index in [1.165, 1.54) is 17.0 Å². The number of hydrogen-bond acceptors (Lipinski definition) is 12. The summed E-state index contributed by atoms with van der Waals surface area (Å²) < 4.78 is 30.2. The molecule has 320 valence electrons. The van der Waals surface area contributed by atoms with Gasteiger partial charge in [0, 0.05) is 60.9 Å². The monoisotopic (exact) mass is 845 g/mol. The van der Waals surface area contributed by atoms with Crippen molar-refractivity contribution in [3.05, 3.63) is 115 Å². The minimum Gasteiger partial charge on any atom is -0.508 e. The molecule has 3 aromatic carbocycles. The van der Waals surface area contributed by atoms with E-state index in [0.717, 1.165) is 21.1 Å². The van der Waals surface area contributed by atoms with E-state index in [-0.39, 0.29) is 96.1 Å². The van der Waals surface area contributed by atoms with Gasteiger partial charge in [-0.1, -0.05) is 33.8 Å². The first-order chi connectivity index (χ1) is 29.7. The lowest BCUT2D eigenvalue weighted by atomic mass is 9.85. The number of amides is 1. The number of hydrogen-bond donors (Lipinski definition) is 4. The Hall–Kier alpha value is -7.01. The fourth-order valence-electron chi connectivity index (χ4n) is 9.01. The standard InChI is InChI=1S/C45H44FN7O9/c1-5-27-29-16-26(54)9-10-35(29)47-39-31(27)21-52-36(39)18-33-32(41(52)57)22-61-42(58)45(33,6-2)62-44(60)51-13-11-50(12-14-51)20-24-7-8-25(15-34(24)46)53-40(48-49-43(53)59)30-17-28(23(3)4)37(55)19-38(30)56/h7-10,15-19,23,54-56H,5-6,11-14,20-22H2,1-4H3,(H,49,59). The zero-order valence-corrected chi connectivity index (χ0v) is 34.5. The molecule has 0 radical (unpaired) electrons. The Morgan fingerprint density at radius 1 is 0.968 bits per heavy atom. The summed E-state index contributed by atoms with van der Waals surface area (Å²) in [5.74, 6) is -1.70. The van der Waals surface area contributed by atoms with Gasteiger partial charge in [0.2, 0.25) is 5.60 Å². The maximum absolute atomic E-state index is 15.8. The summed E-state index contributed by atoms with van der Waals surface area (Å²) in [6, 6.07) is 13.7. The number of phenols is 3. The summed E-state index contributed by atoms with van der Waals surface area (Å²) in [7, 11) is 0. The molecular weight excluding hydrogens is 802 g/mol. The number of aromatic amines is 1. The van der Waals surface area contributed by atoms with Crippen molar-refractivity contribution in [3.63, 3.8) is 0 Å². The molecule has 6 aromatic rings. The number of phenolic OH excluding ortho intramolecular Hbond substituents is 3. The number of nitrogens with zero attached hydrogens (tertiary/aromatic N) is 6. The van der Waals surface area contributed by atoms with E-state index in [1.54, 1.807) is 54.0 Å². The second kappa shape index (κ2) is 15.2. The zero-order valence-electron chi connectivity index (χ0n) is 34.5. The second-order valence-corrected chi connectivity index (χ2v) is 16.2. The number of rotatable bonds is 8. The first kappa shape index (κ1) is 40.4. The van der Waals surface area contributed by atoms with Gasteiger partial charge in [-0.15, -0.1) is 0 Å². The van der Waals surface area contributed by atoms with E-state index in [0.29, 0.717) is 47.5 Å². The number of carbonyl (C=O) groups excluding carboxylic acids is 2. The van der Waals surface area contributed by atoms with Crippen LogP contribution in [0.3, 0.4) is 0 Å². The maximum Gasteiger partial charge on any atom is 0.411 e. The van der Waals surface area contributed by atoms with Crippen LogP contribution in [-0.4, -0.2) is 87.7 Å². The van der Waals surface area contributed by atoms with Crippen LogP contribution in [0.5, 0.6) is 17.2 Å². The highest BCUT2D eigenvalue weighted by atomic mass is 19.1. The predicted octanol–water partition coefficient (Wildman–Crippen LogP) is 5.52. The number of esters is 1. The molecule has 17 heteroatoms. The molecule has 1 unspecified atom stereocenters. The minimum absolute atomic E-state index is 0.00170. The van der Waals surface area contributed by atoms with E-state index < -0.39 is 29.2 Å². The SMILES string of the molecule is CCc1c2c(nc3ccc(O)cc13)-c1cc3c(c(=O)n1C2)COC(=O)C3(CC)OC(=O)N1CCN(Cc2ccc(-n3c(-c4cc(C(C)C)c(O)cc4O)n[nH]c3=O)cc2F)CC1. The topological polar surface area (TPSA) is 205 Å². The van der Waals surface area contributed by atoms with Crippen molar-refractivity contribution in [1.82, 2.24) is 34.1 Å². The van der Waals surface area contributed by atoms with Crippen LogP contribution >= 0.6 is 0 Å². The largest absolute Gasteiger partial charge is 0.508 e. The molecule has 62 heavy (non-hydrogen) atoms. The molecule has 3 aliphatic rings. The summed E-state index contributed by atoms with van der Waals surface area (Å²) in [6.07, 6.45) is -0.127. The van der Waals surface area contributed by atoms with Crippen LogP contribution in [0.15, 0.2) is 64.2 Å². The van der Waals surface area contributed by atoms with Gasteiger partial charge in [-0.05, 0) is 72.4 Å². The maximum atomic E-state index is 15.8. The second-order valence-electron chi connectivity index (χ2n) is 16.2. The first-order valence-electron chi connectivity index (χ1n) is 20.5. The van der Waals surface area contributed by atoms with Crippen LogP contribution in [0.1, 0.15) is 73.4 Å². The molecule has 0 bridgehead atoms. The molecule has 1 saturated heterocycles. The summed E-state index contributed by atoms with van der Waals surface area (Å²) in [4.78, 5) is 63.0. The Morgan fingerprint density at radius 2 is 1.74 bits per heavy atom. The Morgan fingerprint density at radius 3 is 2.45 bits per heavy atom. The Labute approximate surface area is 353 Å². The number of fused-ring (bicyclic) bond motifs is 5. The number of benzene rings is 3. The van der Waals surface area contributed by atoms with Gasteiger partial charge in [-0.3, -0.25) is 9.69 Å². The lowest BCUT2D eigenvalue weighted by Crippen LogP contribution is -2.53. The number of aromatic nitrogens is 5. The highest BCUT2D eigenvalue weighted by molar-refractivity contribution is 5.90. The van der Waals surface area contributed by atoms with Crippen molar-refractivity contribution in [3.8, 4) is 45.7 Å². The quantitative estimate of drug-likeness (QED) is 0.140. The number of pyridine rings is 2. The van der Waals surface area contributed by atoms with Crippen LogP contribution in [0, 0.1) is 5.82 Å². The fourth-order valence-corrected chi connectivity index (χ4v) is 9.01. The molecule has 1 amide bonds. The van der Waals surface area contributed by atoms with Gasteiger partial charge in [0.25, 0.3) is 5.56 Å². The lowest BCUT2D eigenvalue weighted by Gasteiger charge is -2.39. The van der Waals surface area contributed by atoms with Gasteiger partial charge in [-0.25, -0.2) is 33.4 Å². The van der Waals surface area contributed by atoms with Gasteiger partial charge in [0.15, 0.2) is 5.82 Å². The molecule has 0 aliphatic carbocycles. The molecule has 3 aliphatic heterocycles. The van der Waals surface area contributed by atoms with Crippen LogP contribution in [0.4, 0.5) is 9.18 Å². The Kier molecular flexibility index (Phi) is 9.88. The molecule has 1 fully saturated rings. The van der Waals surface area contributed by atoms with Crippen molar-refractivity contribution in [1.29, 1.82) is 0 Å². The van der Waals surface area contributed by atoms with Gasteiger partial charge < -0.3 is 34.3 Å². The lowest BCUT2D eigenvalue weighted by molar-refractivity contribution is -0.173. The number of carbonyl (C=O) groups is 2. The third-order valence-electron chi connectivity index (χ3n) is 12.4. The number of nitrogens with one attached hydrogen (secondary N) is 1. The van der Waals surface area contributed by atoms with E-state index in [4.69, 9.17) is 14.5 Å². The van der Waals surface area contributed by atoms with E-state index in [9.17, 15) is 34.5 Å². The number of aromatic hydroxyl groups is 3. The van der Waals surface area contributed by atoms with Gasteiger partial charge in [0.05, 0.1) is 40.3 Å². The van der Waals surface area contributed by atoms with Crippen molar-refractivity contribution in [2.45, 2.75) is 71.8 Å². The third-order valence-corrected chi connectivity index (χ3v) is 12.4. The van der Waals surface area contributed by atoms with Crippen molar-refractivity contribution < 1.29 is 38.8 Å². The summed E-state index contributed by atoms with van der Waals surface area (Å²) >= 11 is 0. The predicted molar refractivity (Wildman–Crippen MR) is 224 cm³/mol. The molecule has 9 rings (SSSR count). The zero-order chi connectivity index (χ0) is 43.8. The van der Waals surface area contributed by atoms with Crippen molar-refractivity contribution >= 4 is 23.0 Å². The fraction of sp³-hybridized carbons (Fsp3) is 0.333. The minimum atomic E-state index is -1.89. The molecular formula is C45H44FN7O9. The van der Waals surface area contributed by atoms with Crippen LogP contribution in [0.2, 0.25) is 0 Å². The number of H-pyrrole nitrogens is 1. The third kappa shape index (κ3) is 6.45. The van der Waals surface area contributed by atoms with Gasteiger partial charge >= 0.3 is 17.8 Å². The Balaban J connectivity index is 0.923. The Bertz CT molecular complexity index is 2970. The molecule has 3 aromatic heterocycles. The summed E-state index contributed by atoms with van der Waals surface area (Å²) in [5.41, 5.74) is 2.36. The van der Waals surface area contributed by atoms with Crippen LogP contribution in [-0.2, 0) is 46.0 Å². The number of cyclic esters (lactones) is 1. The number of ether oxygens (including phenoxy) is 2. The molecule has 6 heterocycles. The van der Waals surface area contributed by atoms with E-state index in [2.05, 4.69) is 10.2 Å². The summed E-state index contributed by atoms with van der Waals surface area (Å²) in [5, 5.41) is 38.4. The molecule has 0 spiro atoms. The van der Waals surface area contributed by atoms with Crippen LogP contribution in [0.25, 0.3) is 39.4 Å². The van der Waals surface area contributed by atoms with Gasteiger partial charge in [0.1, 0.15) is 29.7 Å². The average Bonchev–Trinajstić information content (AvgIpc) is 3.82. The van der Waals surface area contributed by atoms with Crippen LogP contribution < -0.4 is 11.2 Å². The normalized spacial score (nSPS) is 17.3. The van der Waals surface area contributed by atoms with Crippen molar-refractivity contribution in [2.24, 2.45) is 0 Å². The van der Waals surface area contributed by atoms with Crippen molar-refractivity contribution in [2.75, 3.05) is 26.2 Å². The average molecular weight is 846 g/mol. The van der Waals surface area contributed by atoms with E-state index >= 15 is 4.39 Å². The highest BCUT2D eigenvalue weighted by Gasteiger charge is 2.51. The smallest absolute Gasteiger partial charge is 0.411 e. The molecule has 1 atom stereocenters. The number of piperazine rings is 1. The number of aryl methyl sites for hydroxylation is 1. The van der Waals surface area contributed by atoms with E-state index in [1.807, 2.05) is 25.7 Å².